The monoisotopic (exact) mass is 488 g/mol. The van der Waals surface area contributed by atoms with E-state index in [0.717, 1.165) is 35.4 Å². The summed E-state index contributed by atoms with van der Waals surface area (Å²) in [6.45, 7) is 2.80. The first-order valence-corrected chi connectivity index (χ1v) is 13.4. The van der Waals surface area contributed by atoms with Gasteiger partial charge in [0.25, 0.3) is 0 Å². The Labute approximate surface area is 207 Å². The molecule has 0 saturated heterocycles. The molecule has 164 valence electrons. The number of rotatable bonds is 12. The summed E-state index contributed by atoms with van der Waals surface area (Å²) in [5, 5.41) is 17.5. The molecule has 0 atom stereocenters. The Kier molecular flexibility index (Phi) is 7.65. The Morgan fingerprint density at radius 3 is 1.64 bits per heavy atom. The summed E-state index contributed by atoms with van der Waals surface area (Å²) in [4.78, 5) is 0. The van der Waals surface area contributed by atoms with Gasteiger partial charge in [-0.3, -0.25) is 0 Å². The highest BCUT2D eigenvalue weighted by atomic mass is 32.1. The molecular weight excluding hydrogens is 466 g/mol. The standard InChI is InChI=1S/C24H22B2N2O2S3/c1-3-23-21(13-17(1)25-29-9-7-27-19-5-11-31-15-19)22-14-18(2-4-24(22)33-23)26-30-10-8-28-20-6-12-32-16-20/h1-6,11-16,27-28H,7-10H2. The van der Waals surface area contributed by atoms with Crippen molar-refractivity contribution in [2.45, 2.75) is 0 Å². The summed E-state index contributed by atoms with van der Waals surface area (Å²) in [7, 11) is 3.69. The smallest absolute Gasteiger partial charge is 0.330 e. The Hall–Kier alpha value is -2.29. The van der Waals surface area contributed by atoms with Gasteiger partial charge >= 0.3 is 15.0 Å². The van der Waals surface area contributed by atoms with Crippen LogP contribution in [0.3, 0.4) is 0 Å². The fourth-order valence-corrected chi connectivity index (χ4v) is 5.80. The molecule has 5 rings (SSSR count). The molecule has 33 heavy (non-hydrogen) atoms. The lowest BCUT2D eigenvalue weighted by Gasteiger charge is -2.06. The number of fused-ring (bicyclic) bond motifs is 3. The first-order valence-electron chi connectivity index (χ1n) is 10.7. The average Bonchev–Trinajstić information content (AvgIpc) is 3.60. The number of hydrogen-bond donors (Lipinski definition) is 2. The lowest BCUT2D eigenvalue weighted by molar-refractivity contribution is 0.358. The van der Waals surface area contributed by atoms with Crippen molar-refractivity contribution in [3.8, 4) is 0 Å². The first-order chi connectivity index (χ1) is 16.3. The summed E-state index contributed by atoms with van der Waals surface area (Å²) >= 11 is 5.19. The van der Waals surface area contributed by atoms with Gasteiger partial charge in [-0.15, -0.1) is 11.3 Å². The van der Waals surface area contributed by atoms with Crippen molar-refractivity contribution in [2.24, 2.45) is 0 Å². The SMILES string of the molecule is [B](OCCNc1ccsc1)c1ccc2sc3ccc([B]OCCNc4ccsc4)cc3c2c1. The summed E-state index contributed by atoms with van der Waals surface area (Å²) in [5.41, 5.74) is 4.43. The van der Waals surface area contributed by atoms with Gasteiger partial charge in [-0.05, 0) is 45.8 Å². The largest absolute Gasteiger partial charge is 0.432 e. The van der Waals surface area contributed by atoms with Crippen molar-refractivity contribution in [2.75, 3.05) is 36.9 Å². The molecule has 3 heterocycles. The number of thiophene rings is 3. The van der Waals surface area contributed by atoms with E-state index >= 15 is 0 Å². The van der Waals surface area contributed by atoms with E-state index in [2.05, 4.69) is 80.7 Å². The van der Waals surface area contributed by atoms with Crippen molar-refractivity contribution in [1.82, 2.24) is 0 Å². The number of hydrogen-bond acceptors (Lipinski definition) is 7. The van der Waals surface area contributed by atoms with E-state index in [1.807, 2.05) is 26.3 Å². The third-order valence-corrected chi connectivity index (χ3v) is 7.61. The van der Waals surface area contributed by atoms with Gasteiger partial charge < -0.3 is 19.9 Å². The van der Waals surface area contributed by atoms with Crippen LogP contribution in [0.25, 0.3) is 20.2 Å². The van der Waals surface area contributed by atoms with E-state index in [1.165, 1.54) is 20.2 Å². The summed E-state index contributed by atoms with van der Waals surface area (Å²) in [5.74, 6) is 0. The average molecular weight is 488 g/mol. The molecule has 4 nitrogen and oxygen atoms in total. The molecule has 0 amide bonds. The molecular formula is C24H22B2N2O2S3. The molecule has 3 aromatic heterocycles. The number of anilines is 2. The van der Waals surface area contributed by atoms with Crippen molar-refractivity contribution >= 4 is 91.4 Å². The molecule has 9 heteroatoms. The van der Waals surface area contributed by atoms with Crippen LogP contribution in [-0.4, -0.2) is 41.3 Å². The molecule has 0 bridgehead atoms. The maximum atomic E-state index is 5.77. The van der Waals surface area contributed by atoms with Gasteiger partial charge in [0.15, 0.2) is 0 Å². The molecule has 0 fully saturated rings. The lowest BCUT2D eigenvalue weighted by Crippen LogP contribution is -2.21. The Bertz CT molecular complexity index is 1190. The Morgan fingerprint density at radius 2 is 1.18 bits per heavy atom. The molecule has 0 spiro atoms. The molecule has 0 unspecified atom stereocenters. The van der Waals surface area contributed by atoms with E-state index < -0.39 is 0 Å². The van der Waals surface area contributed by atoms with Crippen LogP contribution in [0.5, 0.6) is 0 Å². The Morgan fingerprint density at radius 1 is 0.667 bits per heavy atom. The van der Waals surface area contributed by atoms with Crippen LogP contribution >= 0.6 is 34.0 Å². The highest BCUT2D eigenvalue weighted by Crippen LogP contribution is 2.32. The molecule has 0 aliphatic heterocycles. The van der Waals surface area contributed by atoms with Gasteiger partial charge in [-0.1, -0.05) is 35.2 Å². The molecule has 0 aliphatic carbocycles. The minimum absolute atomic E-state index is 0.621. The van der Waals surface area contributed by atoms with Gasteiger partial charge in [0.05, 0.1) is 0 Å². The van der Waals surface area contributed by atoms with Crippen molar-refractivity contribution in [3.63, 3.8) is 0 Å². The summed E-state index contributed by atoms with van der Waals surface area (Å²) in [6, 6.07) is 17.1. The normalized spacial score (nSPS) is 11.2. The van der Waals surface area contributed by atoms with Gasteiger partial charge in [0.2, 0.25) is 0 Å². The minimum Gasteiger partial charge on any atom is -0.432 e. The predicted octanol–water partition coefficient (Wildman–Crippen LogP) is 4.92. The minimum atomic E-state index is 0.621. The number of benzene rings is 2. The van der Waals surface area contributed by atoms with Gasteiger partial charge in [0.1, 0.15) is 0 Å². The van der Waals surface area contributed by atoms with Crippen LogP contribution in [-0.2, 0) is 9.31 Å². The van der Waals surface area contributed by atoms with E-state index in [4.69, 9.17) is 9.31 Å². The van der Waals surface area contributed by atoms with E-state index in [1.54, 1.807) is 22.7 Å². The number of nitrogens with one attached hydrogen (secondary N) is 2. The van der Waals surface area contributed by atoms with Crippen LogP contribution in [0.4, 0.5) is 11.4 Å². The zero-order chi connectivity index (χ0) is 22.3. The van der Waals surface area contributed by atoms with Crippen LogP contribution in [0.1, 0.15) is 0 Å². The van der Waals surface area contributed by atoms with E-state index in [9.17, 15) is 0 Å². The van der Waals surface area contributed by atoms with Crippen LogP contribution in [0.15, 0.2) is 70.1 Å². The molecule has 0 saturated carbocycles. The lowest BCUT2D eigenvalue weighted by atomic mass is 9.85. The highest BCUT2D eigenvalue weighted by molar-refractivity contribution is 7.25. The van der Waals surface area contributed by atoms with Crippen LogP contribution in [0.2, 0.25) is 0 Å². The van der Waals surface area contributed by atoms with Gasteiger partial charge in [-0.2, -0.15) is 22.7 Å². The van der Waals surface area contributed by atoms with Crippen LogP contribution in [0, 0.1) is 0 Å². The van der Waals surface area contributed by atoms with Crippen molar-refractivity contribution in [3.05, 3.63) is 70.1 Å². The molecule has 0 aliphatic rings. The first kappa shape index (κ1) is 22.5. The van der Waals surface area contributed by atoms with E-state index in [-0.39, 0.29) is 0 Å². The molecule has 2 radical (unpaired) electrons. The zero-order valence-electron chi connectivity index (χ0n) is 18.0. The van der Waals surface area contributed by atoms with Gasteiger partial charge in [-0.25, -0.2) is 0 Å². The topological polar surface area (TPSA) is 42.5 Å². The highest BCUT2D eigenvalue weighted by Gasteiger charge is 2.09. The second kappa shape index (κ2) is 11.2. The van der Waals surface area contributed by atoms with Crippen molar-refractivity contribution < 1.29 is 9.31 Å². The van der Waals surface area contributed by atoms with Crippen molar-refractivity contribution in [1.29, 1.82) is 0 Å². The quantitative estimate of drug-likeness (QED) is 0.193. The summed E-state index contributed by atoms with van der Waals surface area (Å²) < 4.78 is 14.1. The fraction of sp³-hybridized carbons (Fsp3) is 0.167. The maximum absolute atomic E-state index is 5.77. The Balaban J connectivity index is 1.16. The summed E-state index contributed by atoms with van der Waals surface area (Å²) in [6.07, 6.45) is 0. The zero-order valence-corrected chi connectivity index (χ0v) is 20.4. The third kappa shape index (κ3) is 5.99. The second-order valence-corrected chi connectivity index (χ2v) is 10.1. The third-order valence-electron chi connectivity index (χ3n) is 5.10. The maximum Gasteiger partial charge on any atom is 0.330 e. The van der Waals surface area contributed by atoms with E-state index in [0.29, 0.717) is 13.2 Å². The second-order valence-electron chi connectivity index (χ2n) is 7.47. The molecule has 2 N–H and O–H groups in total. The fourth-order valence-electron chi connectivity index (χ4n) is 3.51. The molecule has 5 aromatic rings. The van der Waals surface area contributed by atoms with Crippen LogP contribution < -0.4 is 21.6 Å². The van der Waals surface area contributed by atoms with Gasteiger partial charge in [0, 0.05) is 57.8 Å². The predicted molar refractivity (Wildman–Crippen MR) is 148 cm³/mol. The molecule has 2 aromatic carbocycles.